The SMILES string of the molecule is CN(C)P(=O)(Nc1sc2c(c1C#N)CCCC2)N(C)C. The van der Waals surface area contributed by atoms with Gasteiger partial charge in [0.25, 0.3) is 0 Å². The van der Waals surface area contributed by atoms with Crippen LogP contribution >= 0.6 is 18.9 Å². The molecule has 1 N–H and O–H groups in total. The molecule has 0 aliphatic heterocycles. The van der Waals surface area contributed by atoms with Gasteiger partial charge in [-0.25, -0.2) is 9.34 Å². The molecule has 0 radical (unpaired) electrons. The van der Waals surface area contributed by atoms with Crippen molar-refractivity contribution >= 4 is 23.9 Å². The maximum Gasteiger partial charge on any atom is 0.308 e. The second-order valence-electron chi connectivity index (χ2n) is 5.38. The maximum absolute atomic E-state index is 13.0. The number of nitriles is 1. The first kappa shape index (κ1) is 15.5. The first-order chi connectivity index (χ1) is 9.40. The average Bonchev–Trinajstić information content (AvgIpc) is 2.74. The summed E-state index contributed by atoms with van der Waals surface area (Å²) in [4.78, 5) is 1.28. The van der Waals surface area contributed by atoms with Crippen molar-refractivity contribution in [3.8, 4) is 6.07 Å². The molecule has 0 spiro atoms. The van der Waals surface area contributed by atoms with Gasteiger partial charge in [0.1, 0.15) is 11.1 Å². The van der Waals surface area contributed by atoms with Crippen LogP contribution in [0.4, 0.5) is 5.00 Å². The van der Waals surface area contributed by atoms with Crippen LogP contribution in [-0.2, 0) is 17.4 Å². The van der Waals surface area contributed by atoms with E-state index in [1.54, 1.807) is 48.9 Å². The normalized spacial score (nSPS) is 15.2. The zero-order valence-electron chi connectivity index (χ0n) is 12.4. The Bertz CT molecular complexity index is 576. The topological polar surface area (TPSA) is 59.4 Å². The molecule has 0 saturated heterocycles. The molecule has 1 aromatic rings. The molecule has 0 unspecified atom stereocenters. The van der Waals surface area contributed by atoms with Crippen LogP contribution in [0, 0.1) is 11.3 Å². The fraction of sp³-hybridized carbons (Fsp3) is 0.615. The lowest BCUT2D eigenvalue weighted by molar-refractivity contribution is 0.454. The lowest BCUT2D eigenvalue weighted by Crippen LogP contribution is -2.25. The number of hydrogen-bond acceptors (Lipinski definition) is 3. The van der Waals surface area contributed by atoms with Gasteiger partial charge in [-0.1, -0.05) is 0 Å². The fourth-order valence-electron chi connectivity index (χ4n) is 2.45. The van der Waals surface area contributed by atoms with Gasteiger partial charge in [-0.3, -0.25) is 4.57 Å². The Morgan fingerprint density at radius 1 is 1.20 bits per heavy atom. The standard InChI is InChI=1S/C13H21N4OPS/c1-16(2)19(18,17(3)4)15-13-11(9-14)10-7-5-6-8-12(10)20-13/h5-8H2,1-4H3,(H,15,18). The minimum absolute atomic E-state index is 0.689. The molecule has 1 heterocycles. The minimum Gasteiger partial charge on any atom is -0.303 e. The molecule has 110 valence electrons. The van der Waals surface area contributed by atoms with Crippen LogP contribution in [-0.4, -0.2) is 37.5 Å². The molecule has 20 heavy (non-hydrogen) atoms. The van der Waals surface area contributed by atoms with Crippen molar-refractivity contribution in [3.05, 3.63) is 16.0 Å². The van der Waals surface area contributed by atoms with Gasteiger partial charge in [0.15, 0.2) is 0 Å². The Kier molecular flexibility index (Phi) is 4.55. The summed E-state index contributed by atoms with van der Waals surface area (Å²) in [6.45, 7) is 0. The summed E-state index contributed by atoms with van der Waals surface area (Å²) in [5, 5.41) is 13.3. The van der Waals surface area contributed by atoms with Crippen molar-refractivity contribution < 1.29 is 4.57 Å². The second-order valence-corrected chi connectivity index (χ2v) is 9.39. The van der Waals surface area contributed by atoms with Crippen LogP contribution < -0.4 is 5.09 Å². The molecule has 1 aliphatic rings. The molecule has 0 amide bonds. The Labute approximate surface area is 124 Å². The predicted molar refractivity (Wildman–Crippen MR) is 84.3 cm³/mol. The van der Waals surface area contributed by atoms with E-state index in [0.717, 1.165) is 29.8 Å². The number of hydrogen-bond donors (Lipinski definition) is 1. The molecular formula is C13H21N4OPS. The van der Waals surface area contributed by atoms with Crippen molar-refractivity contribution in [3.63, 3.8) is 0 Å². The monoisotopic (exact) mass is 312 g/mol. The predicted octanol–water partition coefficient (Wildman–Crippen LogP) is 3.14. The zero-order chi connectivity index (χ0) is 14.9. The summed E-state index contributed by atoms with van der Waals surface area (Å²) in [6, 6.07) is 2.29. The van der Waals surface area contributed by atoms with Gasteiger partial charge < -0.3 is 5.09 Å². The van der Waals surface area contributed by atoms with E-state index in [0.29, 0.717) is 5.56 Å². The number of fused-ring (bicyclic) bond motifs is 1. The number of anilines is 1. The first-order valence-corrected chi connectivity index (χ1v) is 9.11. The second kappa shape index (κ2) is 5.87. The summed E-state index contributed by atoms with van der Waals surface area (Å²) in [5.41, 5.74) is 1.85. The molecule has 0 fully saturated rings. The summed E-state index contributed by atoms with van der Waals surface area (Å²) in [6.07, 6.45) is 4.31. The number of rotatable bonds is 4. The highest BCUT2D eigenvalue weighted by Crippen LogP contribution is 2.52. The smallest absolute Gasteiger partial charge is 0.303 e. The highest BCUT2D eigenvalue weighted by molar-refractivity contribution is 7.61. The van der Waals surface area contributed by atoms with Crippen molar-refractivity contribution in [2.45, 2.75) is 25.7 Å². The van der Waals surface area contributed by atoms with Crippen LogP contribution in [0.25, 0.3) is 0 Å². The van der Waals surface area contributed by atoms with Crippen molar-refractivity contribution in [2.75, 3.05) is 33.3 Å². The van der Waals surface area contributed by atoms with Gasteiger partial charge in [-0.2, -0.15) is 5.26 Å². The molecule has 7 heteroatoms. The van der Waals surface area contributed by atoms with Gasteiger partial charge in [-0.05, 0) is 59.4 Å². The molecule has 1 aromatic heterocycles. The quantitative estimate of drug-likeness (QED) is 0.866. The van der Waals surface area contributed by atoms with Crippen molar-refractivity contribution in [1.82, 2.24) is 9.34 Å². The lowest BCUT2D eigenvalue weighted by Gasteiger charge is -2.30. The summed E-state index contributed by atoms with van der Waals surface area (Å²) < 4.78 is 16.4. The van der Waals surface area contributed by atoms with Crippen molar-refractivity contribution in [1.29, 1.82) is 5.26 Å². The highest BCUT2D eigenvalue weighted by Gasteiger charge is 2.31. The Morgan fingerprint density at radius 3 is 2.35 bits per heavy atom. The molecule has 0 bridgehead atoms. The maximum atomic E-state index is 13.0. The van der Waals surface area contributed by atoms with Gasteiger partial charge in [0.05, 0.1) is 5.56 Å². The number of thiophene rings is 1. The number of nitrogens with one attached hydrogen (secondary N) is 1. The van der Waals surface area contributed by atoms with Crippen LogP contribution in [0.2, 0.25) is 0 Å². The van der Waals surface area contributed by atoms with E-state index in [1.165, 1.54) is 11.3 Å². The molecule has 2 rings (SSSR count). The molecule has 5 nitrogen and oxygen atoms in total. The van der Waals surface area contributed by atoms with Crippen LogP contribution in [0.1, 0.15) is 28.8 Å². The van der Waals surface area contributed by atoms with Gasteiger partial charge in [-0.15, -0.1) is 11.3 Å². The molecule has 0 aromatic carbocycles. The third-order valence-corrected chi connectivity index (χ3v) is 7.66. The van der Waals surface area contributed by atoms with Crippen LogP contribution in [0.5, 0.6) is 0 Å². The number of aryl methyl sites for hydroxylation is 1. The van der Waals surface area contributed by atoms with E-state index in [1.807, 2.05) is 0 Å². The number of nitrogens with zero attached hydrogens (tertiary/aromatic N) is 3. The molecule has 0 atom stereocenters. The van der Waals surface area contributed by atoms with E-state index in [-0.39, 0.29) is 0 Å². The average molecular weight is 312 g/mol. The molecular weight excluding hydrogens is 291 g/mol. The third kappa shape index (κ3) is 2.64. The molecule has 0 saturated carbocycles. The Balaban J connectivity index is 2.41. The van der Waals surface area contributed by atoms with E-state index < -0.39 is 7.59 Å². The van der Waals surface area contributed by atoms with Crippen LogP contribution in [0.15, 0.2) is 0 Å². The summed E-state index contributed by atoms with van der Waals surface area (Å²) in [5.74, 6) is 0. The molecule has 1 aliphatic carbocycles. The van der Waals surface area contributed by atoms with Gasteiger partial charge in [0, 0.05) is 4.88 Å². The van der Waals surface area contributed by atoms with Gasteiger partial charge in [0.2, 0.25) is 0 Å². The Morgan fingerprint density at radius 2 is 1.80 bits per heavy atom. The minimum atomic E-state index is -2.86. The first-order valence-electron chi connectivity index (χ1n) is 6.68. The summed E-state index contributed by atoms with van der Waals surface area (Å²) in [7, 11) is 4.28. The van der Waals surface area contributed by atoms with E-state index >= 15 is 0 Å². The largest absolute Gasteiger partial charge is 0.308 e. The van der Waals surface area contributed by atoms with Gasteiger partial charge >= 0.3 is 7.59 Å². The third-order valence-electron chi connectivity index (χ3n) is 3.61. The highest BCUT2D eigenvalue weighted by atomic mass is 32.1. The Hall–Kier alpha value is -0.860. The van der Waals surface area contributed by atoms with E-state index in [2.05, 4.69) is 11.2 Å². The van der Waals surface area contributed by atoms with E-state index in [4.69, 9.17) is 0 Å². The zero-order valence-corrected chi connectivity index (χ0v) is 14.1. The fourth-order valence-corrected chi connectivity index (χ4v) is 5.58. The van der Waals surface area contributed by atoms with Crippen molar-refractivity contribution in [2.24, 2.45) is 0 Å². The lowest BCUT2D eigenvalue weighted by atomic mass is 9.96. The summed E-state index contributed by atoms with van der Waals surface area (Å²) >= 11 is 1.59. The van der Waals surface area contributed by atoms with E-state index in [9.17, 15) is 9.83 Å². The van der Waals surface area contributed by atoms with Crippen LogP contribution in [0.3, 0.4) is 0 Å².